The molecule has 1 N–H and O–H groups in total. The van der Waals surface area contributed by atoms with E-state index in [9.17, 15) is 19.2 Å². The van der Waals surface area contributed by atoms with Crippen molar-refractivity contribution in [2.24, 2.45) is 5.41 Å². The highest BCUT2D eigenvalue weighted by molar-refractivity contribution is 7.90. The van der Waals surface area contributed by atoms with Crippen LogP contribution in [0.2, 0.25) is 0 Å². The third kappa shape index (κ3) is 5.58. The fourth-order valence-electron chi connectivity index (χ4n) is 6.03. The van der Waals surface area contributed by atoms with E-state index in [2.05, 4.69) is 35.8 Å². The molecular formula is C31H40N6O5S. The molecule has 43 heavy (non-hydrogen) atoms. The molecule has 4 aromatic rings. The second-order valence-corrected chi connectivity index (χ2v) is 14.9. The van der Waals surface area contributed by atoms with Gasteiger partial charge in [-0.2, -0.15) is 14.6 Å². The summed E-state index contributed by atoms with van der Waals surface area (Å²) in [5.41, 5.74) is 2.37. The molecule has 11 nitrogen and oxygen atoms in total. The minimum atomic E-state index is -1.54. The molecule has 1 aromatic carbocycles. The van der Waals surface area contributed by atoms with Crippen LogP contribution in [0.4, 0.5) is 15.5 Å². The Hall–Kier alpha value is -3.64. The number of fused-ring (bicyclic) bond motifs is 4. The van der Waals surface area contributed by atoms with Crippen molar-refractivity contribution in [2.45, 2.75) is 96.9 Å². The lowest BCUT2D eigenvalue weighted by molar-refractivity contribution is 0.0552. The van der Waals surface area contributed by atoms with Gasteiger partial charge in [-0.1, -0.05) is 52.8 Å². The number of carboxylic acid groups (broad SMARTS) is 1. The highest BCUT2D eigenvalue weighted by Crippen LogP contribution is 2.48. The number of benzene rings is 1. The standard InChI is InChI=1S/C31H40N6O5S/c1-17(2)21-16-32-37-25(21)33-26(43(9)41)34-27(37)35(29(40)42-31(6,7)8)18-14-20-19-12-10-11-13-23(19)36(28(38)39)24(20)22(15-18)30(3,4)5/h10-13,16-18,22H,14-15H2,1-9H3,(H,38,39)/t18-,22?,43?/m0/s1. The van der Waals surface area contributed by atoms with Crippen molar-refractivity contribution in [1.29, 1.82) is 0 Å². The van der Waals surface area contributed by atoms with Crippen molar-refractivity contribution in [3.63, 3.8) is 0 Å². The van der Waals surface area contributed by atoms with Crippen molar-refractivity contribution in [1.82, 2.24) is 24.1 Å². The summed E-state index contributed by atoms with van der Waals surface area (Å²) in [6, 6.07) is 6.98. The first kappa shape index (κ1) is 30.8. The average Bonchev–Trinajstić information content (AvgIpc) is 3.46. The molecule has 0 bridgehead atoms. The number of carbonyl (C=O) groups excluding carboxylic acids is 1. The summed E-state index contributed by atoms with van der Waals surface area (Å²) in [7, 11) is 0. The van der Waals surface area contributed by atoms with Crippen LogP contribution in [0.5, 0.6) is 0 Å². The van der Waals surface area contributed by atoms with Gasteiger partial charge in [-0.25, -0.2) is 19.1 Å². The van der Waals surface area contributed by atoms with Gasteiger partial charge in [-0.3, -0.25) is 0 Å². The third-order valence-electron chi connectivity index (χ3n) is 7.94. The molecule has 0 saturated carbocycles. The first-order valence-electron chi connectivity index (χ1n) is 14.5. The number of anilines is 1. The smallest absolute Gasteiger partial charge is 0.417 e. The topological polar surface area (TPSA) is 138 Å². The zero-order chi connectivity index (χ0) is 31.6. The summed E-state index contributed by atoms with van der Waals surface area (Å²) >= 11 is -1.54. The number of ether oxygens (including phenoxy) is 1. The number of amides is 1. The second-order valence-electron chi connectivity index (χ2n) is 13.6. The zero-order valence-electron chi connectivity index (χ0n) is 26.2. The number of hydrogen-bond donors (Lipinski definition) is 1. The molecule has 3 heterocycles. The molecule has 12 heteroatoms. The Labute approximate surface area is 254 Å². The van der Waals surface area contributed by atoms with Crippen molar-refractivity contribution < 1.29 is 24.0 Å². The van der Waals surface area contributed by atoms with Crippen LogP contribution < -0.4 is 4.90 Å². The van der Waals surface area contributed by atoms with Crippen molar-refractivity contribution in [3.8, 4) is 0 Å². The predicted octanol–water partition coefficient (Wildman–Crippen LogP) is 6.35. The van der Waals surface area contributed by atoms with Gasteiger partial charge in [0.05, 0.1) is 11.7 Å². The average molecular weight is 609 g/mol. The quantitative estimate of drug-likeness (QED) is 0.265. The molecule has 1 amide bonds. The normalized spacial score (nSPS) is 18.2. The van der Waals surface area contributed by atoms with E-state index < -0.39 is 35.0 Å². The maximum Gasteiger partial charge on any atom is 0.417 e. The van der Waals surface area contributed by atoms with Crippen LogP contribution in [0.15, 0.2) is 35.6 Å². The molecule has 5 rings (SSSR count). The molecule has 1 aliphatic carbocycles. The molecule has 2 unspecified atom stereocenters. The first-order chi connectivity index (χ1) is 20.0. The summed E-state index contributed by atoms with van der Waals surface area (Å²) in [5.74, 6) is -0.00639. The zero-order valence-corrected chi connectivity index (χ0v) is 27.0. The summed E-state index contributed by atoms with van der Waals surface area (Å²) in [5, 5.41) is 15.8. The molecule has 0 saturated heterocycles. The lowest BCUT2D eigenvalue weighted by Crippen LogP contribution is -2.49. The van der Waals surface area contributed by atoms with Crippen LogP contribution in [0.25, 0.3) is 16.6 Å². The molecule has 0 fully saturated rings. The van der Waals surface area contributed by atoms with Gasteiger partial charge < -0.3 is 14.4 Å². The molecule has 0 radical (unpaired) electrons. The van der Waals surface area contributed by atoms with Crippen LogP contribution in [-0.4, -0.2) is 63.9 Å². The van der Waals surface area contributed by atoms with E-state index in [1.807, 2.05) is 38.1 Å². The summed E-state index contributed by atoms with van der Waals surface area (Å²) in [6.45, 7) is 15.7. The Bertz CT molecular complexity index is 1710. The van der Waals surface area contributed by atoms with E-state index >= 15 is 0 Å². The maximum atomic E-state index is 14.2. The van der Waals surface area contributed by atoms with Crippen LogP contribution >= 0.6 is 0 Å². The van der Waals surface area contributed by atoms with Crippen LogP contribution in [0.1, 0.15) is 90.5 Å². The van der Waals surface area contributed by atoms with Gasteiger partial charge in [0, 0.05) is 39.8 Å². The highest BCUT2D eigenvalue weighted by atomic mass is 32.2. The fourth-order valence-corrected chi connectivity index (χ4v) is 6.46. The van der Waals surface area contributed by atoms with E-state index in [1.54, 1.807) is 27.0 Å². The van der Waals surface area contributed by atoms with Gasteiger partial charge in [-0.05, 0) is 56.6 Å². The first-order valence-corrected chi connectivity index (χ1v) is 16.0. The van der Waals surface area contributed by atoms with E-state index in [1.165, 1.54) is 20.2 Å². The Balaban J connectivity index is 1.79. The van der Waals surface area contributed by atoms with Crippen LogP contribution in [0, 0.1) is 5.41 Å². The van der Waals surface area contributed by atoms with Crippen LogP contribution in [0.3, 0.4) is 0 Å². The molecule has 0 spiro atoms. The van der Waals surface area contributed by atoms with Crippen LogP contribution in [-0.2, 0) is 22.3 Å². The molecule has 1 aliphatic rings. The minimum Gasteiger partial charge on any atom is -0.609 e. The number of carbonyl (C=O) groups is 2. The fraction of sp³-hybridized carbons (Fsp3) is 0.516. The number of para-hydroxylation sites is 1. The SMILES string of the molecule is CC(C)c1cnn2c(N(C(=O)OC(C)(C)C)[C@H]3Cc4c(n(C(=O)O)c5ccccc45)C(C(C)(C)C)C3)nc([S+](C)[O-])nc12. The molecular weight excluding hydrogens is 568 g/mol. The highest BCUT2D eigenvalue weighted by Gasteiger charge is 2.45. The molecule has 0 aliphatic heterocycles. The number of nitrogens with zero attached hydrogens (tertiary/aromatic N) is 6. The predicted molar refractivity (Wildman–Crippen MR) is 166 cm³/mol. The van der Waals surface area contributed by atoms with Gasteiger partial charge >= 0.3 is 17.3 Å². The monoisotopic (exact) mass is 608 g/mol. The molecule has 230 valence electrons. The van der Waals surface area contributed by atoms with E-state index in [-0.39, 0.29) is 28.4 Å². The molecule has 3 aromatic heterocycles. The number of rotatable bonds is 4. The van der Waals surface area contributed by atoms with Gasteiger partial charge in [0.2, 0.25) is 5.95 Å². The number of hydrogen-bond acceptors (Lipinski definition) is 7. The van der Waals surface area contributed by atoms with E-state index in [0.29, 0.717) is 24.0 Å². The van der Waals surface area contributed by atoms with E-state index in [0.717, 1.165) is 22.2 Å². The van der Waals surface area contributed by atoms with Crippen molar-refractivity contribution in [3.05, 3.63) is 47.3 Å². The largest absolute Gasteiger partial charge is 0.609 e. The lowest BCUT2D eigenvalue weighted by atomic mass is 9.70. The minimum absolute atomic E-state index is 0.0676. The Kier molecular flexibility index (Phi) is 7.75. The van der Waals surface area contributed by atoms with Gasteiger partial charge in [-0.15, -0.1) is 4.98 Å². The Morgan fingerprint density at radius 3 is 2.40 bits per heavy atom. The summed E-state index contributed by atoms with van der Waals surface area (Å²) in [4.78, 5) is 37.6. The summed E-state index contributed by atoms with van der Waals surface area (Å²) in [6.07, 6.45) is 2.33. The number of aromatic nitrogens is 5. The Morgan fingerprint density at radius 2 is 1.81 bits per heavy atom. The van der Waals surface area contributed by atoms with Gasteiger partial charge in [0.25, 0.3) is 0 Å². The van der Waals surface area contributed by atoms with Gasteiger partial charge in [0.15, 0.2) is 5.65 Å². The van der Waals surface area contributed by atoms with Crippen molar-refractivity contribution in [2.75, 3.05) is 11.2 Å². The maximum absolute atomic E-state index is 14.2. The second kappa shape index (κ2) is 10.8. The van der Waals surface area contributed by atoms with E-state index in [4.69, 9.17) is 4.74 Å². The lowest BCUT2D eigenvalue weighted by Gasteiger charge is -2.42. The van der Waals surface area contributed by atoms with Gasteiger partial charge in [0.1, 0.15) is 11.9 Å². The summed E-state index contributed by atoms with van der Waals surface area (Å²) < 4.78 is 21.7. The Morgan fingerprint density at radius 1 is 1.14 bits per heavy atom. The molecule has 3 atom stereocenters. The van der Waals surface area contributed by atoms with Crippen molar-refractivity contribution >= 4 is 45.9 Å². The third-order valence-corrected chi connectivity index (χ3v) is 8.64.